The summed E-state index contributed by atoms with van der Waals surface area (Å²) < 4.78 is 5.24. The number of ether oxygens (including phenoxy) is 1. The molecule has 2 heterocycles. The summed E-state index contributed by atoms with van der Waals surface area (Å²) in [5.41, 5.74) is 1.97. The van der Waals surface area contributed by atoms with Crippen molar-refractivity contribution in [2.45, 2.75) is 72.1 Å². The van der Waals surface area contributed by atoms with Crippen LogP contribution in [0.15, 0.2) is 53.6 Å². The molecule has 37 heavy (non-hydrogen) atoms. The Bertz CT molecular complexity index is 1130. The lowest BCUT2D eigenvalue weighted by Crippen LogP contribution is -2.55. The third-order valence-electron chi connectivity index (χ3n) is 6.83. The van der Waals surface area contributed by atoms with Gasteiger partial charge in [0.15, 0.2) is 11.8 Å². The number of aliphatic hydroxyl groups is 2. The molecular formula is C29H38N2O6. The van der Waals surface area contributed by atoms with Gasteiger partial charge >= 0.3 is 5.97 Å². The molecule has 0 saturated carbocycles. The molecule has 1 aromatic carbocycles. The van der Waals surface area contributed by atoms with Gasteiger partial charge in [-0.05, 0) is 58.2 Å². The minimum Gasteiger partial charge on any atom is -0.441 e. The number of hydrogen-bond donors (Lipinski definition) is 2. The number of allylic oxidation sites excluding steroid dienone is 3. The molecule has 2 amide bonds. The van der Waals surface area contributed by atoms with Crippen LogP contribution in [-0.2, 0) is 24.7 Å². The second-order valence-electron chi connectivity index (χ2n) is 10.0. The zero-order chi connectivity index (χ0) is 27.3. The number of nitrogens with zero attached hydrogens (tertiary/aromatic N) is 2. The fourth-order valence-electron chi connectivity index (χ4n) is 4.70. The number of rotatable bonds is 11. The normalized spacial score (nSPS) is 22.2. The molecular weight excluding hydrogens is 472 g/mol. The van der Waals surface area contributed by atoms with E-state index in [1.807, 2.05) is 13.0 Å². The molecule has 2 aliphatic rings. The molecule has 1 aromatic rings. The highest BCUT2D eigenvalue weighted by Crippen LogP contribution is 2.47. The molecule has 0 aliphatic carbocycles. The summed E-state index contributed by atoms with van der Waals surface area (Å²) in [6.07, 6.45) is 9.22. The lowest BCUT2D eigenvalue weighted by atomic mass is 9.82. The van der Waals surface area contributed by atoms with Crippen LogP contribution in [0.25, 0.3) is 0 Å². The fraction of sp³-hybridized carbons (Fsp3) is 0.483. The third-order valence-corrected chi connectivity index (χ3v) is 6.83. The molecule has 0 spiro atoms. The van der Waals surface area contributed by atoms with E-state index < -0.39 is 29.6 Å². The average Bonchev–Trinajstić information content (AvgIpc) is 3.04. The number of carbonyl (C=O) groups excluding carboxylic acids is 3. The average molecular weight is 511 g/mol. The van der Waals surface area contributed by atoms with Crippen molar-refractivity contribution in [3.05, 3.63) is 59.2 Å². The molecule has 2 N–H and O–H groups in total. The zero-order valence-corrected chi connectivity index (χ0v) is 22.4. The van der Waals surface area contributed by atoms with Crippen molar-refractivity contribution in [3.8, 4) is 0 Å². The number of aliphatic hydroxyl groups excluding tert-OH is 1. The van der Waals surface area contributed by atoms with Gasteiger partial charge in [0.25, 0.3) is 5.91 Å². The van der Waals surface area contributed by atoms with Crippen LogP contribution >= 0.6 is 0 Å². The van der Waals surface area contributed by atoms with Crippen molar-refractivity contribution in [1.82, 2.24) is 0 Å². The molecule has 0 aromatic heterocycles. The number of fused-ring (bicyclic) bond motifs is 1. The van der Waals surface area contributed by atoms with Gasteiger partial charge in [-0.2, -0.15) is 0 Å². The van der Waals surface area contributed by atoms with Gasteiger partial charge in [0.05, 0.1) is 12.1 Å². The van der Waals surface area contributed by atoms with E-state index in [2.05, 4.69) is 19.9 Å². The van der Waals surface area contributed by atoms with Gasteiger partial charge in [-0.1, -0.05) is 42.4 Å². The SMILES string of the molecule is CC(=O)OC1CC(=O)N1c1ccc2c(c1)[C@@](O)([C@H](C)/C=C/CCO)C(=O)N2C/C=C(\C)CCC=C(C)C. The minimum atomic E-state index is -1.86. The monoisotopic (exact) mass is 510 g/mol. The maximum atomic E-state index is 13.7. The van der Waals surface area contributed by atoms with Crippen molar-refractivity contribution in [2.75, 3.05) is 23.0 Å². The zero-order valence-electron chi connectivity index (χ0n) is 22.4. The van der Waals surface area contributed by atoms with E-state index >= 15 is 0 Å². The summed E-state index contributed by atoms with van der Waals surface area (Å²) in [5.74, 6) is -1.73. The predicted molar refractivity (Wildman–Crippen MR) is 143 cm³/mol. The first-order valence-corrected chi connectivity index (χ1v) is 12.7. The lowest BCUT2D eigenvalue weighted by Gasteiger charge is -2.39. The quantitative estimate of drug-likeness (QED) is 0.264. The summed E-state index contributed by atoms with van der Waals surface area (Å²) in [6, 6.07) is 5.08. The number of anilines is 2. The molecule has 8 heteroatoms. The standard InChI is InChI=1S/C29H38N2O6/c1-19(2)9-8-10-20(3)14-15-30-25-13-12-23(31-26(34)18-27(31)37-22(5)33)17-24(25)29(36,28(30)35)21(4)11-6-7-16-32/h6,9,11-14,17,21,27,32,36H,7-8,10,15-16,18H2,1-5H3/b11-6+,20-14+/t21-,27?,29+/m1/s1. The molecule has 1 unspecified atom stereocenters. The number of carbonyl (C=O) groups is 3. The van der Waals surface area contributed by atoms with Crippen LogP contribution < -0.4 is 9.80 Å². The number of esters is 1. The van der Waals surface area contributed by atoms with Crippen molar-refractivity contribution < 1.29 is 29.3 Å². The van der Waals surface area contributed by atoms with E-state index in [4.69, 9.17) is 9.84 Å². The van der Waals surface area contributed by atoms with Crippen LogP contribution in [0.5, 0.6) is 0 Å². The minimum absolute atomic E-state index is 0.0338. The molecule has 0 radical (unpaired) electrons. The van der Waals surface area contributed by atoms with E-state index in [1.165, 1.54) is 17.4 Å². The van der Waals surface area contributed by atoms with Crippen molar-refractivity contribution in [2.24, 2.45) is 5.92 Å². The van der Waals surface area contributed by atoms with E-state index in [0.29, 0.717) is 29.9 Å². The van der Waals surface area contributed by atoms with Crippen molar-refractivity contribution in [3.63, 3.8) is 0 Å². The van der Waals surface area contributed by atoms with E-state index in [9.17, 15) is 19.5 Å². The Hall–Kier alpha value is -3.23. The topological polar surface area (TPSA) is 107 Å². The Morgan fingerprint density at radius 2 is 1.92 bits per heavy atom. The highest BCUT2D eigenvalue weighted by atomic mass is 16.6. The Labute approximate surface area is 218 Å². The Morgan fingerprint density at radius 3 is 2.54 bits per heavy atom. The molecule has 8 nitrogen and oxygen atoms in total. The molecule has 3 rings (SSSR count). The summed E-state index contributed by atoms with van der Waals surface area (Å²) in [5, 5.41) is 21.0. The third kappa shape index (κ3) is 6.02. The lowest BCUT2D eigenvalue weighted by molar-refractivity contribution is -0.153. The maximum Gasteiger partial charge on any atom is 0.304 e. The summed E-state index contributed by atoms with van der Waals surface area (Å²) in [6.45, 7) is 9.46. The number of hydrogen-bond acceptors (Lipinski definition) is 6. The van der Waals surface area contributed by atoms with Gasteiger partial charge in [0.1, 0.15) is 0 Å². The Kier molecular flexibility index (Phi) is 9.10. The molecule has 0 bridgehead atoms. The number of benzene rings is 1. The van der Waals surface area contributed by atoms with E-state index in [-0.39, 0.29) is 18.9 Å². The second kappa shape index (κ2) is 11.9. The van der Waals surface area contributed by atoms with Gasteiger partial charge in [0.2, 0.25) is 5.91 Å². The molecule has 2 aliphatic heterocycles. The summed E-state index contributed by atoms with van der Waals surface area (Å²) >= 11 is 0. The van der Waals surface area contributed by atoms with Crippen LogP contribution in [0.4, 0.5) is 11.4 Å². The predicted octanol–water partition coefficient (Wildman–Crippen LogP) is 4.11. The molecule has 1 saturated heterocycles. The van der Waals surface area contributed by atoms with Gasteiger partial charge in [-0.25, -0.2) is 0 Å². The summed E-state index contributed by atoms with van der Waals surface area (Å²) in [4.78, 5) is 40.5. The first-order valence-electron chi connectivity index (χ1n) is 12.7. The van der Waals surface area contributed by atoms with Gasteiger partial charge in [0, 0.05) is 37.2 Å². The largest absolute Gasteiger partial charge is 0.441 e. The number of β-lactam (4-membered cyclic amide) rings is 1. The second-order valence-corrected chi connectivity index (χ2v) is 10.0. The van der Waals surface area contributed by atoms with Crippen LogP contribution in [0.1, 0.15) is 65.9 Å². The molecule has 1 fully saturated rings. The molecule has 3 atom stereocenters. The number of amides is 2. The van der Waals surface area contributed by atoms with Crippen LogP contribution in [0.2, 0.25) is 0 Å². The molecule has 200 valence electrons. The fourth-order valence-corrected chi connectivity index (χ4v) is 4.70. The van der Waals surface area contributed by atoms with Gasteiger partial charge in [-0.15, -0.1) is 0 Å². The Morgan fingerprint density at radius 1 is 1.19 bits per heavy atom. The van der Waals surface area contributed by atoms with Gasteiger partial charge in [-0.3, -0.25) is 19.3 Å². The Balaban J connectivity index is 1.97. The van der Waals surface area contributed by atoms with Crippen LogP contribution in [-0.4, -0.2) is 47.4 Å². The maximum absolute atomic E-state index is 13.7. The first kappa shape index (κ1) is 28.3. The van der Waals surface area contributed by atoms with Gasteiger partial charge < -0.3 is 19.8 Å². The highest BCUT2D eigenvalue weighted by Gasteiger charge is 2.53. The van der Waals surface area contributed by atoms with Crippen LogP contribution in [0.3, 0.4) is 0 Å². The van der Waals surface area contributed by atoms with E-state index in [0.717, 1.165) is 18.4 Å². The summed E-state index contributed by atoms with van der Waals surface area (Å²) in [7, 11) is 0. The first-order chi connectivity index (χ1) is 17.5. The smallest absolute Gasteiger partial charge is 0.304 e. The van der Waals surface area contributed by atoms with Crippen molar-refractivity contribution >= 4 is 29.2 Å². The van der Waals surface area contributed by atoms with E-state index in [1.54, 1.807) is 42.2 Å². The highest BCUT2D eigenvalue weighted by molar-refractivity contribution is 6.08. The van der Waals surface area contributed by atoms with Crippen molar-refractivity contribution in [1.29, 1.82) is 0 Å². The van der Waals surface area contributed by atoms with Crippen LogP contribution in [0, 0.1) is 5.92 Å².